The minimum absolute atomic E-state index is 0.135. The molecule has 3 aromatic rings. The molecule has 5 nitrogen and oxygen atoms in total. The lowest BCUT2D eigenvalue weighted by Gasteiger charge is -1.92. The normalized spacial score (nSPS) is 10.8. The zero-order valence-corrected chi connectivity index (χ0v) is 12.9. The van der Waals surface area contributed by atoms with E-state index in [1.807, 2.05) is 18.2 Å². The number of amides is 1. The van der Waals surface area contributed by atoms with Crippen molar-refractivity contribution in [3.8, 4) is 0 Å². The molecule has 1 amide bonds. The van der Waals surface area contributed by atoms with Crippen LogP contribution in [0.25, 0.3) is 10.2 Å². The largest absolute Gasteiger partial charge is 0.301 e. The molecule has 0 unspecified atom stereocenters. The molecule has 2 aromatic heterocycles. The molecule has 102 valence electrons. The van der Waals surface area contributed by atoms with Gasteiger partial charge in [0, 0.05) is 6.92 Å². The number of rotatable bonds is 4. The molecule has 2 heterocycles. The van der Waals surface area contributed by atoms with Crippen molar-refractivity contribution in [2.24, 2.45) is 0 Å². The maximum atomic E-state index is 10.9. The third kappa shape index (κ3) is 3.14. The number of carbonyl (C=O) groups is 1. The van der Waals surface area contributed by atoms with Gasteiger partial charge in [-0.25, -0.2) is 4.98 Å². The van der Waals surface area contributed by atoms with E-state index in [0.717, 1.165) is 20.6 Å². The maximum Gasteiger partial charge on any atom is 0.223 e. The lowest BCUT2D eigenvalue weighted by Crippen LogP contribution is -2.04. The summed E-state index contributed by atoms with van der Waals surface area (Å²) in [6.45, 7) is 1.45. The van der Waals surface area contributed by atoms with Crippen LogP contribution in [0.3, 0.4) is 0 Å². The van der Waals surface area contributed by atoms with Crippen molar-refractivity contribution in [3.05, 3.63) is 29.3 Å². The van der Waals surface area contributed by atoms with Crippen molar-refractivity contribution in [1.29, 1.82) is 0 Å². The summed E-state index contributed by atoms with van der Waals surface area (Å²) >= 11 is 4.64. The summed E-state index contributed by atoms with van der Waals surface area (Å²) in [6, 6.07) is 8.09. The van der Waals surface area contributed by atoms with Crippen LogP contribution in [0.2, 0.25) is 0 Å². The van der Waals surface area contributed by atoms with E-state index in [1.165, 1.54) is 23.0 Å². The number of hydrogen-bond acceptors (Lipinski definition) is 7. The second-order valence-electron chi connectivity index (χ2n) is 3.92. The van der Waals surface area contributed by atoms with Crippen molar-refractivity contribution >= 4 is 55.7 Å². The minimum Gasteiger partial charge on any atom is -0.301 e. The molecule has 0 aliphatic rings. The summed E-state index contributed by atoms with van der Waals surface area (Å²) < 4.78 is 2.02. The number of nitrogens with one attached hydrogen (secondary N) is 1. The number of fused-ring (bicyclic) bond motifs is 1. The topological polar surface area (TPSA) is 67.8 Å². The van der Waals surface area contributed by atoms with Crippen LogP contribution >= 0.6 is 34.4 Å². The Morgan fingerprint density at radius 1 is 1.30 bits per heavy atom. The van der Waals surface area contributed by atoms with Crippen LogP contribution in [-0.4, -0.2) is 21.1 Å². The van der Waals surface area contributed by atoms with Gasteiger partial charge in [-0.1, -0.05) is 35.2 Å². The quantitative estimate of drug-likeness (QED) is 0.589. The third-order valence-electron chi connectivity index (χ3n) is 2.35. The molecular formula is C12H10N4OS3. The van der Waals surface area contributed by atoms with Crippen molar-refractivity contribution < 1.29 is 4.79 Å². The molecule has 0 bridgehead atoms. The molecule has 0 aliphatic carbocycles. The molecule has 0 atom stereocenters. The third-order valence-corrected chi connectivity index (χ3v) is 5.55. The standard InChI is InChI=1S/C12H10N4OS3/c1-7(17)13-11-15-16-12(20-11)18-6-10-14-8-4-2-3-5-9(8)19-10/h2-5H,6H2,1H3,(H,13,15,17). The van der Waals surface area contributed by atoms with Crippen LogP contribution < -0.4 is 5.32 Å². The number of para-hydroxylation sites is 1. The van der Waals surface area contributed by atoms with Crippen LogP contribution in [0.1, 0.15) is 11.9 Å². The average molecular weight is 322 g/mol. The van der Waals surface area contributed by atoms with Crippen molar-refractivity contribution in [3.63, 3.8) is 0 Å². The number of thioether (sulfide) groups is 1. The number of aromatic nitrogens is 3. The first kappa shape index (κ1) is 13.5. The molecule has 0 spiro atoms. The molecule has 0 aliphatic heterocycles. The Bertz CT molecular complexity index is 719. The summed E-state index contributed by atoms with van der Waals surface area (Å²) in [4.78, 5) is 15.5. The van der Waals surface area contributed by atoms with Gasteiger partial charge in [-0.15, -0.1) is 21.5 Å². The van der Waals surface area contributed by atoms with Crippen molar-refractivity contribution in [2.75, 3.05) is 5.32 Å². The number of carbonyl (C=O) groups excluding carboxylic acids is 1. The van der Waals surface area contributed by atoms with Gasteiger partial charge in [-0.05, 0) is 12.1 Å². The van der Waals surface area contributed by atoms with Gasteiger partial charge in [0.1, 0.15) is 5.01 Å². The molecule has 0 saturated heterocycles. The number of nitrogens with zero attached hydrogens (tertiary/aromatic N) is 3. The highest BCUT2D eigenvalue weighted by atomic mass is 32.2. The van der Waals surface area contributed by atoms with Crippen LogP contribution in [0, 0.1) is 0 Å². The SMILES string of the molecule is CC(=O)Nc1nnc(SCc2nc3ccccc3s2)s1. The van der Waals surface area contributed by atoms with E-state index in [1.54, 1.807) is 23.1 Å². The number of thiazole rings is 1. The second-order valence-corrected chi connectivity index (χ2v) is 7.23. The first-order chi connectivity index (χ1) is 9.70. The van der Waals surface area contributed by atoms with Gasteiger partial charge in [-0.3, -0.25) is 4.79 Å². The Hall–Kier alpha value is -1.51. The van der Waals surface area contributed by atoms with Crippen molar-refractivity contribution in [2.45, 2.75) is 17.0 Å². The molecule has 1 N–H and O–H groups in total. The fourth-order valence-electron chi connectivity index (χ4n) is 1.57. The molecule has 8 heteroatoms. The number of anilines is 1. The van der Waals surface area contributed by atoms with E-state index in [2.05, 4.69) is 26.6 Å². The van der Waals surface area contributed by atoms with E-state index in [-0.39, 0.29) is 5.91 Å². The fraction of sp³-hybridized carbons (Fsp3) is 0.167. The van der Waals surface area contributed by atoms with Gasteiger partial charge < -0.3 is 5.32 Å². The number of hydrogen-bond donors (Lipinski definition) is 1. The Morgan fingerprint density at radius 3 is 2.95 bits per heavy atom. The second kappa shape index (κ2) is 5.86. The van der Waals surface area contributed by atoms with E-state index >= 15 is 0 Å². The van der Waals surface area contributed by atoms with Gasteiger partial charge in [0.05, 0.1) is 16.0 Å². The first-order valence-corrected chi connectivity index (χ1v) is 8.41. The highest BCUT2D eigenvalue weighted by molar-refractivity contribution is 8.00. The van der Waals surface area contributed by atoms with Gasteiger partial charge in [-0.2, -0.15) is 0 Å². The monoisotopic (exact) mass is 322 g/mol. The van der Waals surface area contributed by atoms with E-state index < -0.39 is 0 Å². The minimum atomic E-state index is -0.135. The first-order valence-electron chi connectivity index (χ1n) is 5.79. The highest BCUT2D eigenvalue weighted by Gasteiger charge is 2.08. The Morgan fingerprint density at radius 2 is 2.15 bits per heavy atom. The summed E-state index contributed by atoms with van der Waals surface area (Å²) in [6.07, 6.45) is 0. The lowest BCUT2D eigenvalue weighted by molar-refractivity contribution is -0.114. The van der Waals surface area contributed by atoms with Crippen molar-refractivity contribution in [1.82, 2.24) is 15.2 Å². The van der Waals surface area contributed by atoms with Crippen LogP contribution in [0.15, 0.2) is 28.6 Å². The molecule has 1 aromatic carbocycles. The Labute approximate surface area is 127 Å². The molecule has 3 rings (SSSR count). The summed E-state index contributed by atoms with van der Waals surface area (Å²) in [5.74, 6) is 0.623. The van der Waals surface area contributed by atoms with Gasteiger partial charge in [0.2, 0.25) is 11.0 Å². The molecule has 0 saturated carbocycles. The van der Waals surface area contributed by atoms with Crippen LogP contribution in [0.4, 0.5) is 5.13 Å². The maximum absolute atomic E-state index is 10.9. The van der Waals surface area contributed by atoms with E-state index in [0.29, 0.717) is 5.13 Å². The molecule has 0 fully saturated rings. The fourth-order valence-corrected chi connectivity index (χ4v) is 4.33. The lowest BCUT2D eigenvalue weighted by atomic mass is 10.3. The van der Waals surface area contributed by atoms with Gasteiger partial charge in [0.25, 0.3) is 0 Å². The predicted octanol–water partition coefficient (Wildman–Crippen LogP) is 3.40. The summed E-state index contributed by atoms with van der Waals surface area (Å²) in [7, 11) is 0. The number of benzene rings is 1. The summed E-state index contributed by atoms with van der Waals surface area (Å²) in [5, 5.41) is 12.2. The van der Waals surface area contributed by atoms with Crippen LogP contribution in [0.5, 0.6) is 0 Å². The van der Waals surface area contributed by atoms with Crippen LogP contribution in [-0.2, 0) is 10.5 Å². The van der Waals surface area contributed by atoms with Gasteiger partial charge >= 0.3 is 0 Å². The smallest absolute Gasteiger partial charge is 0.223 e. The van der Waals surface area contributed by atoms with E-state index in [4.69, 9.17) is 0 Å². The zero-order valence-electron chi connectivity index (χ0n) is 10.5. The average Bonchev–Trinajstić information content (AvgIpc) is 3.01. The van der Waals surface area contributed by atoms with Gasteiger partial charge in [0.15, 0.2) is 4.34 Å². The molecule has 20 heavy (non-hydrogen) atoms. The van der Waals surface area contributed by atoms with E-state index in [9.17, 15) is 4.79 Å². The zero-order chi connectivity index (χ0) is 13.9. The predicted molar refractivity (Wildman–Crippen MR) is 83.4 cm³/mol. The molecule has 0 radical (unpaired) electrons. The Kier molecular flexibility index (Phi) is 3.95. The highest BCUT2D eigenvalue weighted by Crippen LogP contribution is 2.31. The Balaban J connectivity index is 1.66. The molecular weight excluding hydrogens is 312 g/mol. The summed E-state index contributed by atoms with van der Waals surface area (Å²) in [5.41, 5.74) is 1.03.